The molecule has 0 bridgehead atoms. The highest BCUT2D eigenvalue weighted by Crippen LogP contribution is 2.25. The molecule has 0 radical (unpaired) electrons. The molecule has 4 aromatic rings. The predicted molar refractivity (Wildman–Crippen MR) is 133 cm³/mol. The average molecular weight is 501 g/mol. The maximum Gasteiger partial charge on any atom is 0.256 e. The Morgan fingerprint density at radius 2 is 1.76 bits per heavy atom. The molecule has 1 N–H and O–H groups in total. The van der Waals surface area contributed by atoms with Crippen LogP contribution in [0.1, 0.15) is 27.0 Å². The standard InChI is InChI=1S/C25H20Cl3N3O2/c1-16-12-19(26)8-9-23(16)33-15-17-4-2-5-18(13-17)25(32)29-24-10-11-31(30-24)14-20-21(27)6-3-7-22(20)28/h2-13H,14-15H2,1H3,(H,29,30,32). The monoisotopic (exact) mass is 499 g/mol. The highest BCUT2D eigenvalue weighted by molar-refractivity contribution is 6.36. The first-order valence-corrected chi connectivity index (χ1v) is 11.3. The number of carbonyl (C=O) groups is 1. The molecule has 0 aliphatic rings. The van der Waals surface area contributed by atoms with Gasteiger partial charge in [0, 0.05) is 38.5 Å². The molecule has 0 atom stereocenters. The lowest BCUT2D eigenvalue weighted by Gasteiger charge is -2.10. The maximum absolute atomic E-state index is 12.7. The predicted octanol–water partition coefficient (Wildman–Crippen LogP) is 7.03. The number of ether oxygens (including phenoxy) is 1. The number of carbonyl (C=O) groups excluding carboxylic acids is 1. The molecule has 0 aliphatic carbocycles. The van der Waals surface area contributed by atoms with Crippen molar-refractivity contribution in [2.24, 2.45) is 0 Å². The van der Waals surface area contributed by atoms with E-state index in [0.717, 1.165) is 22.4 Å². The molecule has 0 aliphatic heterocycles. The van der Waals surface area contributed by atoms with Crippen LogP contribution in [0.25, 0.3) is 0 Å². The first-order valence-electron chi connectivity index (χ1n) is 10.1. The van der Waals surface area contributed by atoms with Crippen LogP contribution in [0.5, 0.6) is 5.75 Å². The highest BCUT2D eigenvalue weighted by atomic mass is 35.5. The quantitative estimate of drug-likeness (QED) is 0.296. The van der Waals surface area contributed by atoms with Gasteiger partial charge in [0.25, 0.3) is 5.91 Å². The zero-order valence-corrected chi connectivity index (χ0v) is 20.0. The zero-order chi connectivity index (χ0) is 23.4. The Labute approximate surface area is 206 Å². The molecule has 1 amide bonds. The summed E-state index contributed by atoms with van der Waals surface area (Å²) in [7, 11) is 0. The molecular weight excluding hydrogens is 481 g/mol. The van der Waals surface area contributed by atoms with E-state index in [1.165, 1.54) is 0 Å². The van der Waals surface area contributed by atoms with Gasteiger partial charge in [0.2, 0.25) is 0 Å². The van der Waals surface area contributed by atoms with E-state index in [1.54, 1.807) is 53.3 Å². The first kappa shape index (κ1) is 23.2. The van der Waals surface area contributed by atoms with Crippen molar-refractivity contribution in [3.63, 3.8) is 0 Å². The van der Waals surface area contributed by atoms with Crippen LogP contribution in [-0.4, -0.2) is 15.7 Å². The van der Waals surface area contributed by atoms with Crippen molar-refractivity contribution in [3.8, 4) is 5.75 Å². The molecule has 0 saturated heterocycles. The van der Waals surface area contributed by atoms with E-state index in [-0.39, 0.29) is 5.91 Å². The van der Waals surface area contributed by atoms with Gasteiger partial charge in [-0.25, -0.2) is 0 Å². The summed E-state index contributed by atoms with van der Waals surface area (Å²) in [5.41, 5.74) is 3.10. The SMILES string of the molecule is Cc1cc(Cl)ccc1OCc1cccc(C(=O)Nc2ccn(Cc3c(Cl)cccc3Cl)n2)c1. The minimum atomic E-state index is -0.263. The minimum Gasteiger partial charge on any atom is -0.489 e. The number of hydrogen-bond acceptors (Lipinski definition) is 3. The molecule has 4 rings (SSSR count). The van der Waals surface area contributed by atoms with Crippen molar-refractivity contribution in [2.75, 3.05) is 5.32 Å². The lowest BCUT2D eigenvalue weighted by atomic mass is 10.1. The number of benzene rings is 3. The Kier molecular flexibility index (Phi) is 7.23. The molecule has 3 aromatic carbocycles. The van der Waals surface area contributed by atoms with Gasteiger partial charge >= 0.3 is 0 Å². The topological polar surface area (TPSA) is 56.1 Å². The second-order valence-electron chi connectivity index (χ2n) is 7.45. The Hall–Kier alpha value is -2.99. The molecular formula is C25H20Cl3N3O2. The lowest BCUT2D eigenvalue weighted by Crippen LogP contribution is -2.13. The summed E-state index contributed by atoms with van der Waals surface area (Å²) in [6.07, 6.45) is 1.76. The molecule has 1 heterocycles. The third-order valence-electron chi connectivity index (χ3n) is 4.98. The highest BCUT2D eigenvalue weighted by Gasteiger charge is 2.11. The number of rotatable bonds is 7. The number of amides is 1. The molecule has 0 spiro atoms. The summed E-state index contributed by atoms with van der Waals surface area (Å²) in [5.74, 6) is 0.917. The van der Waals surface area contributed by atoms with Crippen molar-refractivity contribution < 1.29 is 9.53 Å². The van der Waals surface area contributed by atoms with E-state index in [0.29, 0.717) is 39.6 Å². The Balaban J connectivity index is 1.40. The number of aryl methyl sites for hydroxylation is 1. The molecule has 0 fully saturated rings. The van der Waals surface area contributed by atoms with Gasteiger partial charge in [0.05, 0.1) is 6.54 Å². The fourth-order valence-electron chi connectivity index (χ4n) is 3.29. The normalized spacial score (nSPS) is 10.8. The van der Waals surface area contributed by atoms with Gasteiger partial charge in [-0.1, -0.05) is 53.0 Å². The number of halogens is 3. The molecule has 5 nitrogen and oxygen atoms in total. The van der Waals surface area contributed by atoms with Gasteiger partial charge in [-0.2, -0.15) is 5.10 Å². The third-order valence-corrected chi connectivity index (χ3v) is 5.93. The van der Waals surface area contributed by atoms with E-state index < -0.39 is 0 Å². The molecule has 33 heavy (non-hydrogen) atoms. The summed E-state index contributed by atoms with van der Waals surface area (Å²) in [6.45, 7) is 2.66. The van der Waals surface area contributed by atoms with E-state index in [9.17, 15) is 4.79 Å². The molecule has 0 saturated carbocycles. The maximum atomic E-state index is 12.7. The summed E-state index contributed by atoms with van der Waals surface area (Å²) in [4.78, 5) is 12.7. The van der Waals surface area contributed by atoms with Crippen LogP contribution in [0, 0.1) is 6.92 Å². The van der Waals surface area contributed by atoms with Crippen LogP contribution in [0.3, 0.4) is 0 Å². The molecule has 1 aromatic heterocycles. The summed E-state index contributed by atoms with van der Waals surface area (Å²) in [6, 6.07) is 19.8. The molecule has 168 valence electrons. The number of nitrogens with zero attached hydrogens (tertiary/aromatic N) is 2. The second kappa shape index (κ2) is 10.3. The first-order chi connectivity index (χ1) is 15.9. The Morgan fingerprint density at radius 3 is 2.52 bits per heavy atom. The summed E-state index contributed by atoms with van der Waals surface area (Å²) < 4.78 is 7.55. The van der Waals surface area contributed by atoms with Gasteiger partial charge < -0.3 is 10.1 Å². The van der Waals surface area contributed by atoms with E-state index >= 15 is 0 Å². The molecule has 8 heteroatoms. The second-order valence-corrected chi connectivity index (χ2v) is 8.70. The van der Waals surface area contributed by atoms with E-state index in [1.807, 2.05) is 31.2 Å². The van der Waals surface area contributed by atoms with Crippen molar-refractivity contribution in [1.82, 2.24) is 9.78 Å². The van der Waals surface area contributed by atoms with Crippen molar-refractivity contribution in [1.29, 1.82) is 0 Å². The number of anilines is 1. The smallest absolute Gasteiger partial charge is 0.256 e. The van der Waals surface area contributed by atoms with Crippen LogP contribution in [0.4, 0.5) is 5.82 Å². The van der Waals surface area contributed by atoms with Gasteiger partial charge in [0.15, 0.2) is 5.82 Å². The van der Waals surface area contributed by atoms with Crippen LogP contribution in [0.15, 0.2) is 72.9 Å². The minimum absolute atomic E-state index is 0.263. The Morgan fingerprint density at radius 1 is 1.00 bits per heavy atom. The largest absolute Gasteiger partial charge is 0.489 e. The van der Waals surface area contributed by atoms with E-state index in [2.05, 4.69) is 10.4 Å². The van der Waals surface area contributed by atoms with Crippen molar-refractivity contribution in [3.05, 3.63) is 110 Å². The summed E-state index contributed by atoms with van der Waals surface area (Å²) in [5, 5.41) is 9.01. The van der Waals surface area contributed by atoms with Crippen LogP contribution in [-0.2, 0) is 13.2 Å². The van der Waals surface area contributed by atoms with Gasteiger partial charge in [-0.15, -0.1) is 0 Å². The van der Waals surface area contributed by atoms with Crippen LogP contribution >= 0.6 is 34.8 Å². The number of hydrogen-bond donors (Lipinski definition) is 1. The van der Waals surface area contributed by atoms with E-state index in [4.69, 9.17) is 39.5 Å². The average Bonchev–Trinajstić information content (AvgIpc) is 3.23. The van der Waals surface area contributed by atoms with Gasteiger partial charge in [-0.05, 0) is 60.5 Å². The van der Waals surface area contributed by atoms with Crippen molar-refractivity contribution >= 4 is 46.5 Å². The van der Waals surface area contributed by atoms with Gasteiger partial charge in [0.1, 0.15) is 12.4 Å². The number of nitrogens with one attached hydrogen (secondary N) is 1. The third kappa shape index (κ3) is 5.88. The van der Waals surface area contributed by atoms with Crippen molar-refractivity contribution in [2.45, 2.75) is 20.1 Å². The molecule has 0 unspecified atom stereocenters. The van der Waals surface area contributed by atoms with Crippen LogP contribution < -0.4 is 10.1 Å². The number of aromatic nitrogens is 2. The Bertz CT molecular complexity index is 1280. The lowest BCUT2D eigenvalue weighted by molar-refractivity contribution is 0.102. The van der Waals surface area contributed by atoms with Gasteiger partial charge in [-0.3, -0.25) is 9.48 Å². The fourth-order valence-corrected chi connectivity index (χ4v) is 4.03. The summed E-state index contributed by atoms with van der Waals surface area (Å²) >= 11 is 18.5. The zero-order valence-electron chi connectivity index (χ0n) is 17.7. The fraction of sp³-hybridized carbons (Fsp3) is 0.120. The van der Waals surface area contributed by atoms with Crippen LogP contribution in [0.2, 0.25) is 15.1 Å².